The van der Waals surface area contributed by atoms with Crippen molar-refractivity contribution in [1.29, 1.82) is 0 Å². The molecule has 1 atom stereocenters. The summed E-state index contributed by atoms with van der Waals surface area (Å²) >= 11 is 5.56. The molecule has 0 amide bonds. The average Bonchev–Trinajstić information content (AvgIpc) is 2.97. The summed E-state index contributed by atoms with van der Waals surface area (Å²) in [6, 6.07) is 4.02. The van der Waals surface area contributed by atoms with Crippen molar-refractivity contribution >= 4 is 63.3 Å². The molecule has 132 valence electrons. The molecule has 1 unspecified atom stereocenters. The largest absolute Gasteiger partial charge is 0.351 e. The summed E-state index contributed by atoms with van der Waals surface area (Å²) in [6.07, 6.45) is 5.29. The van der Waals surface area contributed by atoms with E-state index in [1.54, 1.807) is 0 Å². The third-order valence-corrected chi connectivity index (χ3v) is 5.84. The molecule has 1 aliphatic rings. The molecule has 5 nitrogen and oxygen atoms in total. The van der Waals surface area contributed by atoms with Gasteiger partial charge < -0.3 is 14.6 Å². The van der Waals surface area contributed by atoms with E-state index in [1.807, 2.05) is 29.8 Å². The Bertz CT molecular complexity index is 705. The fourth-order valence-electron chi connectivity index (χ4n) is 2.76. The summed E-state index contributed by atoms with van der Waals surface area (Å²) in [7, 11) is 1.85. The summed E-state index contributed by atoms with van der Waals surface area (Å²) in [5.74, 6) is 2.14. The van der Waals surface area contributed by atoms with Crippen LogP contribution in [0.2, 0.25) is 0 Å². The van der Waals surface area contributed by atoms with Gasteiger partial charge in [0.05, 0.1) is 12.2 Å². The maximum Gasteiger partial charge on any atom is 0.194 e. The van der Waals surface area contributed by atoms with Gasteiger partial charge >= 0.3 is 0 Å². The molecule has 24 heavy (non-hydrogen) atoms. The molecule has 1 aliphatic heterocycles. The van der Waals surface area contributed by atoms with E-state index in [1.165, 1.54) is 12.2 Å². The number of halogens is 2. The van der Waals surface area contributed by atoms with Crippen LogP contribution >= 0.6 is 51.7 Å². The first-order valence-electron chi connectivity index (χ1n) is 7.90. The van der Waals surface area contributed by atoms with Crippen LogP contribution in [0.4, 0.5) is 0 Å². The second kappa shape index (κ2) is 9.28. The molecule has 3 rings (SSSR count). The minimum absolute atomic E-state index is 0. The molecule has 0 aliphatic carbocycles. The van der Waals surface area contributed by atoms with Crippen LogP contribution in [0.5, 0.6) is 0 Å². The lowest BCUT2D eigenvalue weighted by Crippen LogP contribution is -2.47. The highest BCUT2D eigenvalue weighted by molar-refractivity contribution is 14.0. The number of nitrogens with zero attached hydrogens (tertiary/aromatic N) is 4. The maximum atomic E-state index is 4.64. The molecule has 2 aromatic heterocycles. The Labute approximate surface area is 172 Å². The number of hydrogen-bond acceptors (Lipinski definition) is 3. The number of pyridine rings is 1. The number of fused-ring (bicyclic) bond motifs is 1. The van der Waals surface area contributed by atoms with E-state index < -0.39 is 0 Å². The van der Waals surface area contributed by atoms with Crippen molar-refractivity contribution < 1.29 is 0 Å². The standard InChI is InChI=1S/C16H22BrN5S.HI/c1-3-14-11-21(6-7-23-14)16(18-2)19-8-13-10-22-9-12(17)4-5-15(22)20-13;/h4-5,9-10,14H,3,6-8,11H2,1-2H3,(H,18,19);1H. The maximum absolute atomic E-state index is 4.64. The van der Waals surface area contributed by atoms with E-state index in [0.29, 0.717) is 11.8 Å². The Morgan fingerprint density at radius 2 is 2.29 bits per heavy atom. The molecule has 1 fully saturated rings. The Kier molecular flexibility index (Phi) is 7.67. The van der Waals surface area contributed by atoms with E-state index in [4.69, 9.17) is 0 Å². The van der Waals surface area contributed by atoms with Crippen LogP contribution in [-0.4, -0.2) is 51.4 Å². The first-order chi connectivity index (χ1) is 11.2. The number of nitrogens with one attached hydrogen (secondary N) is 1. The van der Waals surface area contributed by atoms with Gasteiger partial charge in [-0.25, -0.2) is 4.98 Å². The van der Waals surface area contributed by atoms with Gasteiger partial charge in [-0.3, -0.25) is 4.99 Å². The average molecular weight is 524 g/mol. The van der Waals surface area contributed by atoms with Gasteiger partial charge in [0.1, 0.15) is 5.65 Å². The number of guanidine groups is 1. The molecule has 1 saturated heterocycles. The lowest BCUT2D eigenvalue weighted by Gasteiger charge is -2.34. The smallest absolute Gasteiger partial charge is 0.194 e. The number of aromatic nitrogens is 2. The first-order valence-corrected chi connectivity index (χ1v) is 9.74. The summed E-state index contributed by atoms with van der Waals surface area (Å²) < 4.78 is 3.09. The van der Waals surface area contributed by atoms with Crippen molar-refractivity contribution in [3.8, 4) is 0 Å². The third kappa shape index (κ3) is 4.78. The van der Waals surface area contributed by atoms with Gasteiger partial charge in [0.25, 0.3) is 0 Å². The molecular formula is C16H23BrIN5S. The van der Waals surface area contributed by atoms with Crippen LogP contribution < -0.4 is 5.32 Å². The van der Waals surface area contributed by atoms with Crippen LogP contribution in [0.3, 0.4) is 0 Å². The zero-order chi connectivity index (χ0) is 16.2. The molecule has 2 aromatic rings. The van der Waals surface area contributed by atoms with Crippen LogP contribution in [0.1, 0.15) is 19.0 Å². The normalized spacial score (nSPS) is 18.5. The van der Waals surface area contributed by atoms with Crippen molar-refractivity contribution in [3.05, 3.63) is 34.7 Å². The lowest BCUT2D eigenvalue weighted by atomic mass is 10.3. The summed E-state index contributed by atoms with van der Waals surface area (Å²) in [6.45, 7) is 5.07. The van der Waals surface area contributed by atoms with Crippen molar-refractivity contribution in [2.75, 3.05) is 25.9 Å². The Morgan fingerprint density at radius 3 is 3.04 bits per heavy atom. The Morgan fingerprint density at radius 1 is 1.46 bits per heavy atom. The van der Waals surface area contributed by atoms with Crippen molar-refractivity contribution in [3.63, 3.8) is 0 Å². The minimum Gasteiger partial charge on any atom is -0.351 e. The van der Waals surface area contributed by atoms with E-state index in [0.717, 1.165) is 34.9 Å². The predicted octanol–water partition coefficient (Wildman–Crippen LogP) is 3.62. The van der Waals surface area contributed by atoms with Gasteiger partial charge in [0.15, 0.2) is 5.96 Å². The van der Waals surface area contributed by atoms with Gasteiger partial charge in [0, 0.05) is 48.0 Å². The quantitative estimate of drug-likeness (QED) is 0.379. The first kappa shape index (κ1) is 19.8. The van der Waals surface area contributed by atoms with E-state index in [2.05, 4.69) is 61.0 Å². The summed E-state index contributed by atoms with van der Waals surface area (Å²) in [4.78, 5) is 11.4. The third-order valence-electron chi connectivity index (χ3n) is 4.00. The zero-order valence-corrected chi connectivity index (χ0v) is 18.6. The monoisotopic (exact) mass is 523 g/mol. The SMILES string of the molecule is CCC1CN(C(=NC)NCc2cn3cc(Br)ccc3n2)CCS1.I. The molecule has 1 N–H and O–H groups in total. The number of aliphatic imine (C=N–C) groups is 1. The number of rotatable bonds is 3. The van der Waals surface area contributed by atoms with Gasteiger partial charge in [-0.1, -0.05) is 6.92 Å². The molecule has 0 radical (unpaired) electrons. The van der Waals surface area contributed by atoms with Gasteiger partial charge in [0.2, 0.25) is 0 Å². The molecule has 0 spiro atoms. The fourth-order valence-corrected chi connectivity index (χ4v) is 4.30. The summed E-state index contributed by atoms with van der Waals surface area (Å²) in [5.41, 5.74) is 1.98. The molecule has 3 heterocycles. The van der Waals surface area contributed by atoms with Crippen molar-refractivity contribution in [2.24, 2.45) is 4.99 Å². The van der Waals surface area contributed by atoms with Crippen molar-refractivity contribution in [2.45, 2.75) is 25.1 Å². The van der Waals surface area contributed by atoms with Gasteiger partial charge in [-0.15, -0.1) is 24.0 Å². The van der Waals surface area contributed by atoms with E-state index >= 15 is 0 Å². The second-order valence-corrected chi connectivity index (χ2v) is 7.92. The molecule has 8 heteroatoms. The number of hydrogen-bond donors (Lipinski definition) is 1. The van der Waals surface area contributed by atoms with Crippen molar-refractivity contribution in [1.82, 2.24) is 19.6 Å². The highest BCUT2D eigenvalue weighted by Gasteiger charge is 2.21. The second-order valence-electron chi connectivity index (χ2n) is 5.59. The van der Waals surface area contributed by atoms with Crippen LogP contribution in [-0.2, 0) is 6.54 Å². The van der Waals surface area contributed by atoms with Gasteiger partial charge in [-0.05, 0) is 34.5 Å². The number of imidazole rings is 1. The van der Waals surface area contributed by atoms with Crippen LogP contribution in [0.25, 0.3) is 5.65 Å². The molecule has 0 saturated carbocycles. The van der Waals surface area contributed by atoms with Crippen LogP contribution in [0.15, 0.2) is 34.0 Å². The molecular weight excluding hydrogens is 501 g/mol. The Hall–Kier alpha value is -0.480. The van der Waals surface area contributed by atoms with E-state index in [9.17, 15) is 0 Å². The number of thioether (sulfide) groups is 1. The topological polar surface area (TPSA) is 44.9 Å². The molecule has 0 aromatic carbocycles. The van der Waals surface area contributed by atoms with E-state index in [-0.39, 0.29) is 24.0 Å². The fraction of sp³-hybridized carbons (Fsp3) is 0.500. The lowest BCUT2D eigenvalue weighted by molar-refractivity contribution is 0.408. The minimum atomic E-state index is 0. The van der Waals surface area contributed by atoms with Gasteiger partial charge in [-0.2, -0.15) is 11.8 Å². The highest BCUT2D eigenvalue weighted by Crippen LogP contribution is 2.21. The predicted molar refractivity (Wildman–Crippen MR) is 117 cm³/mol. The van der Waals surface area contributed by atoms with Crippen LogP contribution in [0, 0.1) is 0 Å². The Balaban J connectivity index is 0.00000208. The zero-order valence-electron chi connectivity index (χ0n) is 13.9. The molecule has 0 bridgehead atoms. The summed E-state index contributed by atoms with van der Waals surface area (Å²) in [5, 5.41) is 4.16. The highest BCUT2D eigenvalue weighted by atomic mass is 127.